The number of amides is 1. The Bertz CT molecular complexity index is 1680. The second kappa shape index (κ2) is 11.6. The SMILES string of the molecule is O=C(CC1CCC(c2nnc(CO)o2)CC1)[C@@H]1CC2(CC(CF)(CF)C2)[C@@]2(C(=O)Nc3cc(Cl)ccc32)[C@H]1c1cccc(Cl)c1F. The summed E-state index contributed by atoms with van der Waals surface area (Å²) in [5.74, 6) is -2.26. The molecule has 3 atom stereocenters. The van der Waals surface area contributed by atoms with E-state index in [0.717, 1.165) is 25.7 Å². The minimum absolute atomic E-state index is 0.0282. The molecule has 2 aromatic carbocycles. The molecule has 2 N–H and O–H groups in total. The van der Waals surface area contributed by atoms with Gasteiger partial charge < -0.3 is 14.8 Å². The molecule has 2 heterocycles. The molecule has 1 aromatic heterocycles. The molecule has 3 aromatic rings. The van der Waals surface area contributed by atoms with Crippen LogP contribution >= 0.6 is 23.2 Å². The molecule has 3 saturated carbocycles. The van der Waals surface area contributed by atoms with Crippen LogP contribution in [0.5, 0.6) is 0 Å². The summed E-state index contributed by atoms with van der Waals surface area (Å²) in [5.41, 5.74) is -2.55. The number of carbonyl (C=O) groups is 2. The molecule has 2 spiro atoms. The van der Waals surface area contributed by atoms with Gasteiger partial charge in [0.2, 0.25) is 17.7 Å². The lowest BCUT2D eigenvalue weighted by Crippen LogP contribution is -2.61. The van der Waals surface area contributed by atoms with E-state index in [4.69, 9.17) is 27.6 Å². The van der Waals surface area contributed by atoms with Crippen LogP contribution in [0.2, 0.25) is 10.0 Å². The highest BCUT2D eigenvalue weighted by atomic mass is 35.5. The lowest BCUT2D eigenvalue weighted by molar-refractivity contribution is -0.143. The fourth-order valence-electron chi connectivity index (χ4n) is 9.56. The topological polar surface area (TPSA) is 105 Å². The zero-order valence-corrected chi connectivity index (χ0v) is 26.5. The van der Waals surface area contributed by atoms with E-state index in [-0.39, 0.29) is 66.4 Å². The average Bonchev–Trinajstić information content (AvgIpc) is 3.72. The van der Waals surface area contributed by atoms with E-state index in [0.29, 0.717) is 22.2 Å². The Morgan fingerprint density at radius 3 is 2.48 bits per heavy atom. The van der Waals surface area contributed by atoms with Crippen LogP contribution in [-0.2, 0) is 21.6 Å². The molecule has 12 heteroatoms. The van der Waals surface area contributed by atoms with Gasteiger partial charge in [0.15, 0.2) is 0 Å². The van der Waals surface area contributed by atoms with E-state index in [1.165, 1.54) is 6.07 Å². The van der Waals surface area contributed by atoms with Crippen molar-refractivity contribution in [3.8, 4) is 0 Å². The minimum atomic E-state index is -1.47. The first-order valence-corrected chi connectivity index (χ1v) is 16.5. The maximum absolute atomic E-state index is 16.1. The highest BCUT2D eigenvalue weighted by molar-refractivity contribution is 6.31. The first-order chi connectivity index (χ1) is 22.1. The number of anilines is 1. The van der Waals surface area contributed by atoms with E-state index < -0.39 is 53.2 Å². The predicted molar refractivity (Wildman–Crippen MR) is 165 cm³/mol. The van der Waals surface area contributed by atoms with Gasteiger partial charge in [0.25, 0.3) is 0 Å². The van der Waals surface area contributed by atoms with Gasteiger partial charge in [0.05, 0.1) is 23.8 Å². The van der Waals surface area contributed by atoms with Gasteiger partial charge in [-0.05, 0) is 85.6 Å². The number of nitrogens with one attached hydrogen (secondary N) is 1. The van der Waals surface area contributed by atoms with E-state index in [1.54, 1.807) is 30.3 Å². The molecule has 0 bridgehead atoms. The molecule has 0 unspecified atom stereocenters. The number of aliphatic hydroxyl groups excluding tert-OH is 1. The first kappa shape index (κ1) is 31.6. The molecule has 244 valence electrons. The van der Waals surface area contributed by atoms with E-state index in [2.05, 4.69) is 15.5 Å². The van der Waals surface area contributed by atoms with Gasteiger partial charge in [0.1, 0.15) is 18.2 Å². The molecule has 1 aliphatic heterocycles. The molecule has 46 heavy (non-hydrogen) atoms. The Balaban J connectivity index is 1.27. The molecule has 1 amide bonds. The number of nitrogens with zero attached hydrogens (tertiary/aromatic N) is 2. The Kier molecular flexibility index (Phi) is 8.00. The van der Waals surface area contributed by atoms with E-state index in [9.17, 15) is 23.5 Å². The Hall–Kier alpha value is -2.95. The van der Waals surface area contributed by atoms with Crippen molar-refractivity contribution in [3.05, 3.63) is 75.2 Å². The van der Waals surface area contributed by atoms with E-state index >= 15 is 4.39 Å². The normalized spacial score (nSPS) is 29.1. The number of fused-ring (bicyclic) bond motifs is 3. The van der Waals surface area contributed by atoms with Gasteiger partial charge >= 0.3 is 0 Å². The number of ketones is 1. The highest BCUT2D eigenvalue weighted by Crippen LogP contribution is 2.77. The van der Waals surface area contributed by atoms with Gasteiger partial charge in [-0.1, -0.05) is 41.4 Å². The van der Waals surface area contributed by atoms with Crippen LogP contribution in [0.1, 0.15) is 86.1 Å². The minimum Gasteiger partial charge on any atom is -0.422 e. The summed E-state index contributed by atoms with van der Waals surface area (Å²) in [4.78, 5) is 29.0. The van der Waals surface area contributed by atoms with Crippen molar-refractivity contribution in [1.29, 1.82) is 0 Å². The second-order valence-electron chi connectivity index (χ2n) is 13.9. The lowest BCUT2D eigenvalue weighted by atomic mass is 9.43. The first-order valence-electron chi connectivity index (χ1n) is 15.7. The molecule has 0 radical (unpaired) electrons. The smallest absolute Gasteiger partial charge is 0.241 e. The molecule has 4 aliphatic rings. The Labute approximate surface area is 274 Å². The molecular weight excluding hydrogens is 642 g/mol. The van der Waals surface area contributed by atoms with Crippen molar-refractivity contribution >= 4 is 40.6 Å². The fourth-order valence-corrected chi connectivity index (χ4v) is 9.91. The summed E-state index contributed by atoms with van der Waals surface area (Å²) in [7, 11) is 0. The van der Waals surface area contributed by atoms with Crippen LogP contribution in [0.25, 0.3) is 0 Å². The summed E-state index contributed by atoms with van der Waals surface area (Å²) in [5, 5.41) is 20.4. The number of hydrogen-bond donors (Lipinski definition) is 2. The molecule has 0 saturated heterocycles. The summed E-state index contributed by atoms with van der Waals surface area (Å²) in [6.45, 7) is -2.12. The number of benzene rings is 2. The predicted octanol–water partition coefficient (Wildman–Crippen LogP) is 7.64. The van der Waals surface area contributed by atoms with Crippen molar-refractivity contribution in [3.63, 3.8) is 0 Å². The summed E-state index contributed by atoms with van der Waals surface area (Å²) >= 11 is 12.6. The van der Waals surface area contributed by atoms with Crippen molar-refractivity contribution in [2.45, 2.75) is 75.2 Å². The number of alkyl halides is 2. The second-order valence-corrected chi connectivity index (χ2v) is 14.7. The number of aliphatic hydroxyl groups is 1. The molecular formula is C34H34Cl2F3N3O4. The third kappa shape index (κ3) is 4.65. The quantitative estimate of drug-likeness (QED) is 0.254. The number of halogens is 5. The maximum Gasteiger partial charge on any atom is 0.241 e. The highest BCUT2D eigenvalue weighted by Gasteiger charge is 2.77. The Morgan fingerprint density at radius 1 is 1.07 bits per heavy atom. The van der Waals surface area contributed by atoms with Crippen LogP contribution in [-0.4, -0.2) is 40.3 Å². The zero-order valence-electron chi connectivity index (χ0n) is 25.0. The standard InChI is InChI=1S/C34H34Cl2F3N3O4/c35-20-8-9-23-25(11-20)40-31(45)34(23)28(21-2-1-3-24(36)29(21)39)22(12-33(34)14-32(15-33,16-37)17-38)26(44)10-18-4-6-19(7-5-18)30-42-41-27(13-43)46-30/h1-3,8-9,11,18-19,22,28,43H,4-7,10,12-17H2,(H,40,45)/t18?,19?,22-,28-,34+/m0/s1. The number of Topliss-reactive ketones (excluding diaryl/α,β-unsaturated/α-hetero) is 1. The largest absolute Gasteiger partial charge is 0.422 e. The molecule has 7 nitrogen and oxygen atoms in total. The van der Waals surface area contributed by atoms with Gasteiger partial charge in [-0.25, -0.2) is 4.39 Å². The van der Waals surface area contributed by atoms with Gasteiger partial charge in [-0.2, -0.15) is 0 Å². The summed E-state index contributed by atoms with van der Waals surface area (Å²) < 4.78 is 50.4. The van der Waals surface area contributed by atoms with Crippen LogP contribution in [0.3, 0.4) is 0 Å². The van der Waals surface area contributed by atoms with Crippen molar-refractivity contribution in [1.82, 2.24) is 10.2 Å². The van der Waals surface area contributed by atoms with Crippen molar-refractivity contribution < 1.29 is 32.3 Å². The van der Waals surface area contributed by atoms with Gasteiger partial charge in [0, 0.05) is 40.3 Å². The Morgan fingerprint density at radius 2 is 1.80 bits per heavy atom. The van der Waals surface area contributed by atoms with E-state index in [1.807, 2.05) is 0 Å². The van der Waals surface area contributed by atoms with Crippen molar-refractivity contribution in [2.24, 2.45) is 22.7 Å². The monoisotopic (exact) mass is 675 g/mol. The van der Waals surface area contributed by atoms with Crippen LogP contribution < -0.4 is 5.32 Å². The number of aromatic nitrogens is 2. The number of carbonyl (C=O) groups excluding carboxylic acids is 2. The third-order valence-electron chi connectivity index (χ3n) is 11.4. The third-order valence-corrected chi connectivity index (χ3v) is 11.9. The lowest BCUT2D eigenvalue weighted by Gasteiger charge is -2.59. The maximum atomic E-state index is 16.1. The molecule has 3 aliphatic carbocycles. The molecule has 3 fully saturated rings. The fraction of sp³-hybridized carbons (Fsp3) is 0.529. The van der Waals surface area contributed by atoms with Gasteiger partial charge in [-0.3, -0.25) is 18.4 Å². The number of hydrogen-bond acceptors (Lipinski definition) is 6. The van der Waals surface area contributed by atoms with Crippen molar-refractivity contribution in [2.75, 3.05) is 18.7 Å². The molecule has 7 rings (SSSR count). The summed E-state index contributed by atoms with van der Waals surface area (Å²) in [6.07, 6.45) is 3.42. The average molecular weight is 677 g/mol. The van der Waals surface area contributed by atoms with Crippen LogP contribution in [0.4, 0.5) is 18.9 Å². The zero-order chi connectivity index (χ0) is 32.4. The van der Waals surface area contributed by atoms with Crippen LogP contribution in [0, 0.1) is 28.5 Å². The van der Waals surface area contributed by atoms with Gasteiger partial charge in [-0.15, -0.1) is 10.2 Å². The van der Waals surface area contributed by atoms with Crippen LogP contribution in [0.15, 0.2) is 40.8 Å². The number of rotatable bonds is 8. The summed E-state index contributed by atoms with van der Waals surface area (Å²) in [6, 6.07) is 9.60.